The Labute approximate surface area is 178 Å². The summed E-state index contributed by atoms with van der Waals surface area (Å²) in [6, 6.07) is 16.5. The van der Waals surface area contributed by atoms with Crippen LogP contribution in [0.1, 0.15) is 0 Å². The van der Waals surface area contributed by atoms with Gasteiger partial charge in [0.15, 0.2) is 5.82 Å². The predicted molar refractivity (Wildman–Crippen MR) is 139 cm³/mol. The SMILES string of the molecule is Bc1c(B)c(B)c(-c2nc(-c3cccc(Br)c3)nc3ccccc23)c(B)c1B. The zero-order valence-corrected chi connectivity index (χ0v) is 18.5. The molecule has 0 unspecified atom stereocenters. The highest BCUT2D eigenvalue weighted by Crippen LogP contribution is 2.28. The van der Waals surface area contributed by atoms with Gasteiger partial charge in [-0.05, 0) is 23.8 Å². The van der Waals surface area contributed by atoms with Crippen LogP contribution in [0.3, 0.4) is 0 Å². The highest BCUT2D eigenvalue weighted by atomic mass is 79.9. The Balaban J connectivity index is 2.11. The molecular weight excluding hydrogens is 402 g/mol. The first-order valence-corrected chi connectivity index (χ1v) is 10.3. The van der Waals surface area contributed by atoms with Crippen molar-refractivity contribution in [2.75, 3.05) is 0 Å². The molecule has 8 heteroatoms. The number of hydrogen-bond donors (Lipinski definition) is 0. The fourth-order valence-electron chi connectivity index (χ4n) is 3.88. The molecule has 0 atom stereocenters. The van der Waals surface area contributed by atoms with E-state index in [9.17, 15) is 0 Å². The molecular formula is C20H18B5BrN2. The lowest BCUT2D eigenvalue weighted by Gasteiger charge is -2.21. The zero-order valence-electron chi connectivity index (χ0n) is 16.9. The largest absolute Gasteiger partial charge is 0.228 e. The van der Waals surface area contributed by atoms with Gasteiger partial charge in [0.05, 0.1) is 11.2 Å². The van der Waals surface area contributed by atoms with Crippen LogP contribution in [0, 0.1) is 0 Å². The standard InChI is InChI=1S/C20H18B5BrN2/c21-14-13(15(22)17(24)18(25)16(14)23)19-11-6-1-2-7-12(11)27-20(28-19)9-4-3-5-10(26)8-9/h1-8H,21-25H2. The maximum absolute atomic E-state index is 5.08. The van der Waals surface area contributed by atoms with Gasteiger partial charge in [-0.25, -0.2) is 9.97 Å². The summed E-state index contributed by atoms with van der Waals surface area (Å²) in [7, 11) is 11.0. The molecule has 0 N–H and O–H groups in total. The topological polar surface area (TPSA) is 25.8 Å². The molecule has 0 spiro atoms. The van der Waals surface area contributed by atoms with Crippen LogP contribution in [0.15, 0.2) is 53.0 Å². The van der Waals surface area contributed by atoms with Crippen molar-refractivity contribution < 1.29 is 0 Å². The number of rotatable bonds is 2. The van der Waals surface area contributed by atoms with E-state index in [0.29, 0.717) is 0 Å². The summed E-state index contributed by atoms with van der Waals surface area (Å²) >= 11 is 3.57. The summed E-state index contributed by atoms with van der Waals surface area (Å²) in [6.07, 6.45) is 0. The molecule has 0 bridgehead atoms. The van der Waals surface area contributed by atoms with Crippen molar-refractivity contribution in [3.63, 3.8) is 0 Å². The normalized spacial score (nSPS) is 11.0. The lowest BCUT2D eigenvalue weighted by atomic mass is 9.60. The van der Waals surface area contributed by atoms with Crippen LogP contribution in [0.25, 0.3) is 33.5 Å². The molecule has 0 aliphatic heterocycles. The Morgan fingerprint density at radius 3 is 2.00 bits per heavy atom. The summed E-state index contributed by atoms with van der Waals surface area (Å²) in [5.41, 5.74) is 10.9. The number of benzene rings is 3. The van der Waals surface area contributed by atoms with Gasteiger partial charge < -0.3 is 0 Å². The van der Waals surface area contributed by atoms with Crippen LogP contribution in [0.2, 0.25) is 0 Å². The molecule has 0 radical (unpaired) electrons. The van der Waals surface area contributed by atoms with Crippen LogP contribution in [0.5, 0.6) is 0 Å². The van der Waals surface area contributed by atoms with E-state index in [1.54, 1.807) is 0 Å². The Morgan fingerprint density at radius 1 is 0.679 bits per heavy atom. The van der Waals surface area contributed by atoms with E-state index in [1.807, 2.05) is 18.2 Å². The fraction of sp³-hybridized carbons (Fsp3) is 0. The van der Waals surface area contributed by atoms with Crippen molar-refractivity contribution in [1.29, 1.82) is 0 Å². The van der Waals surface area contributed by atoms with Gasteiger partial charge in [-0.1, -0.05) is 57.2 Å². The third kappa shape index (κ3) is 3.14. The number of halogens is 1. The molecule has 0 saturated heterocycles. The van der Waals surface area contributed by atoms with Gasteiger partial charge in [0.1, 0.15) is 39.2 Å². The van der Waals surface area contributed by atoms with Crippen molar-refractivity contribution in [2.45, 2.75) is 0 Å². The highest BCUT2D eigenvalue weighted by Gasteiger charge is 2.18. The maximum atomic E-state index is 5.08. The van der Waals surface area contributed by atoms with E-state index in [-0.39, 0.29) is 0 Å². The molecule has 0 saturated carbocycles. The molecule has 0 aliphatic rings. The number of aromatic nitrogens is 2. The third-order valence-electron chi connectivity index (χ3n) is 5.92. The van der Waals surface area contributed by atoms with Crippen LogP contribution >= 0.6 is 15.9 Å². The second-order valence-electron chi connectivity index (χ2n) is 7.42. The van der Waals surface area contributed by atoms with Crippen LogP contribution < -0.4 is 27.3 Å². The van der Waals surface area contributed by atoms with E-state index in [4.69, 9.17) is 9.97 Å². The molecule has 1 heterocycles. The summed E-state index contributed by atoms with van der Waals surface area (Å²) in [6.45, 7) is 0. The van der Waals surface area contributed by atoms with Gasteiger partial charge in [-0.2, -0.15) is 0 Å². The van der Waals surface area contributed by atoms with Crippen LogP contribution in [-0.4, -0.2) is 49.2 Å². The highest BCUT2D eigenvalue weighted by molar-refractivity contribution is 9.10. The second-order valence-corrected chi connectivity index (χ2v) is 8.34. The van der Waals surface area contributed by atoms with Gasteiger partial charge in [0.25, 0.3) is 0 Å². The van der Waals surface area contributed by atoms with Crippen molar-refractivity contribution >= 4 is 93.4 Å². The quantitative estimate of drug-likeness (QED) is 0.324. The fourth-order valence-corrected chi connectivity index (χ4v) is 4.28. The smallest absolute Gasteiger partial charge is 0.160 e. The molecule has 0 aliphatic carbocycles. The summed E-state index contributed by atoms with van der Waals surface area (Å²) in [5.74, 6) is 0.754. The van der Waals surface area contributed by atoms with Gasteiger partial charge in [-0.3, -0.25) is 0 Å². The minimum atomic E-state index is 0.754. The van der Waals surface area contributed by atoms with Crippen molar-refractivity contribution in [3.05, 3.63) is 53.0 Å². The van der Waals surface area contributed by atoms with E-state index in [0.717, 1.165) is 32.5 Å². The van der Waals surface area contributed by atoms with Gasteiger partial charge in [0.2, 0.25) is 0 Å². The lowest BCUT2D eigenvalue weighted by molar-refractivity contribution is 1.23. The van der Waals surface area contributed by atoms with E-state index in [1.165, 1.54) is 32.9 Å². The molecule has 0 fully saturated rings. The lowest BCUT2D eigenvalue weighted by Crippen LogP contribution is -2.55. The molecule has 4 rings (SSSR count). The van der Waals surface area contributed by atoms with E-state index < -0.39 is 0 Å². The molecule has 0 amide bonds. The molecule has 2 nitrogen and oxygen atoms in total. The first kappa shape index (κ1) is 19.1. The van der Waals surface area contributed by atoms with Crippen molar-refractivity contribution in [3.8, 4) is 22.6 Å². The van der Waals surface area contributed by atoms with Crippen molar-refractivity contribution in [1.82, 2.24) is 9.97 Å². The minimum absolute atomic E-state index is 0.754. The third-order valence-corrected chi connectivity index (χ3v) is 6.42. The number of para-hydroxylation sites is 1. The Morgan fingerprint density at radius 2 is 1.32 bits per heavy atom. The van der Waals surface area contributed by atoms with Crippen molar-refractivity contribution in [2.24, 2.45) is 0 Å². The average Bonchev–Trinajstić information content (AvgIpc) is 2.70. The first-order valence-electron chi connectivity index (χ1n) is 9.48. The van der Waals surface area contributed by atoms with E-state index in [2.05, 4.69) is 85.5 Å². The van der Waals surface area contributed by atoms with Crippen LogP contribution in [-0.2, 0) is 0 Å². The van der Waals surface area contributed by atoms with Gasteiger partial charge >= 0.3 is 0 Å². The zero-order chi connectivity index (χ0) is 20.0. The Bertz CT molecular complexity index is 1210. The summed E-state index contributed by atoms with van der Waals surface area (Å²) < 4.78 is 1.03. The predicted octanol–water partition coefficient (Wildman–Crippen LogP) is -2.98. The molecule has 1 aromatic heterocycles. The Kier molecular flexibility index (Phi) is 5.01. The summed E-state index contributed by atoms with van der Waals surface area (Å²) in [4.78, 5) is 9.95. The van der Waals surface area contributed by atoms with Gasteiger partial charge in [-0.15, -0.1) is 16.4 Å². The molecule has 3 aromatic carbocycles. The van der Waals surface area contributed by atoms with Gasteiger partial charge in [0, 0.05) is 15.4 Å². The molecule has 4 aromatic rings. The average molecular weight is 420 g/mol. The minimum Gasteiger partial charge on any atom is -0.228 e. The first-order chi connectivity index (χ1) is 13.4. The number of hydrogen-bond acceptors (Lipinski definition) is 2. The summed E-state index contributed by atoms with van der Waals surface area (Å²) in [5, 5.41) is 1.09. The monoisotopic (exact) mass is 420 g/mol. The molecule has 130 valence electrons. The second kappa shape index (κ2) is 7.33. The number of fused-ring (bicyclic) bond motifs is 1. The molecule has 28 heavy (non-hydrogen) atoms. The maximum Gasteiger partial charge on any atom is 0.160 e. The number of nitrogens with zero attached hydrogens (tertiary/aromatic N) is 2. The van der Waals surface area contributed by atoms with Crippen LogP contribution in [0.4, 0.5) is 0 Å². The Hall–Kier alpha value is -2.20. The van der Waals surface area contributed by atoms with E-state index >= 15 is 0 Å².